The lowest BCUT2D eigenvalue weighted by Crippen LogP contribution is -2.33. The molecule has 0 unspecified atom stereocenters. The standard InChI is InChI=1S/C31H31ClFN7O3.C2HF3O2/c1-2-39-19-34-15-23(39)16-40-28(36-26-7-8-27(31(41)42)37-29(26)40)17-38-12-9-20(10-13-38)24-4-3-11-35-30(24)43-18-21-5-6-22(32)14-25(21)33;3-2(4,5)1(6)7/h3-8,11,14-15,19-20H,2,9-10,12-13,16-18H2,1H3,(H,41,42);(H,6,7). The van der Waals surface area contributed by atoms with Crippen LogP contribution in [0.5, 0.6) is 5.88 Å². The SMILES string of the molecule is CCn1cncc1Cn1c(CN2CCC(c3cccnc3OCc3ccc(Cl)cc3F)CC2)nc2ccc(C(=O)O)nc21.O=C(O)C(F)(F)F. The van der Waals surface area contributed by atoms with Crippen LogP contribution in [0, 0.1) is 5.82 Å². The summed E-state index contributed by atoms with van der Waals surface area (Å²) >= 11 is 5.88. The van der Waals surface area contributed by atoms with Gasteiger partial charge >= 0.3 is 18.1 Å². The first-order chi connectivity index (χ1) is 23.8. The topological polar surface area (TPSA) is 148 Å². The summed E-state index contributed by atoms with van der Waals surface area (Å²) in [4.78, 5) is 41.0. The molecule has 5 aromatic rings. The summed E-state index contributed by atoms with van der Waals surface area (Å²) in [6, 6.07) is 11.7. The maximum atomic E-state index is 14.3. The molecule has 1 aliphatic heterocycles. The highest BCUT2D eigenvalue weighted by Gasteiger charge is 2.38. The first kappa shape index (κ1) is 36.2. The molecule has 0 spiro atoms. The lowest BCUT2D eigenvalue weighted by atomic mass is 9.90. The summed E-state index contributed by atoms with van der Waals surface area (Å²) in [5.74, 6) is -2.65. The molecule has 0 radical (unpaired) electrons. The van der Waals surface area contributed by atoms with E-state index < -0.39 is 23.9 Å². The Hall–Kier alpha value is -5.09. The number of carboxylic acid groups (broad SMARTS) is 2. The largest absolute Gasteiger partial charge is 0.490 e. The van der Waals surface area contributed by atoms with E-state index in [1.807, 2.05) is 22.9 Å². The Morgan fingerprint density at radius 3 is 2.46 bits per heavy atom. The lowest BCUT2D eigenvalue weighted by molar-refractivity contribution is -0.192. The van der Waals surface area contributed by atoms with Gasteiger partial charge < -0.3 is 24.1 Å². The summed E-state index contributed by atoms with van der Waals surface area (Å²) in [7, 11) is 0. The number of aliphatic carboxylic acids is 1. The summed E-state index contributed by atoms with van der Waals surface area (Å²) in [6.45, 7) is 5.62. The average molecular weight is 718 g/mol. The number of nitrogens with zero attached hydrogens (tertiary/aromatic N) is 7. The molecule has 2 N–H and O–H groups in total. The van der Waals surface area contributed by atoms with Gasteiger partial charge in [0.15, 0.2) is 11.3 Å². The first-order valence-corrected chi connectivity index (χ1v) is 15.8. The normalized spacial score (nSPS) is 14.0. The highest BCUT2D eigenvalue weighted by molar-refractivity contribution is 6.30. The number of halogens is 5. The Balaban J connectivity index is 0.000000630. The number of carboxylic acids is 2. The number of imidazole rings is 2. The van der Waals surface area contributed by atoms with E-state index in [-0.39, 0.29) is 18.2 Å². The first-order valence-electron chi connectivity index (χ1n) is 15.5. The number of likely N-dealkylation sites (tertiary alicyclic amines) is 1. The smallest absolute Gasteiger partial charge is 0.477 e. The van der Waals surface area contributed by atoms with Crippen LogP contribution in [-0.4, -0.2) is 75.4 Å². The Morgan fingerprint density at radius 2 is 1.80 bits per heavy atom. The van der Waals surface area contributed by atoms with E-state index in [0.717, 1.165) is 49.6 Å². The quantitative estimate of drug-likeness (QED) is 0.161. The van der Waals surface area contributed by atoms with Gasteiger partial charge in [-0.1, -0.05) is 23.7 Å². The van der Waals surface area contributed by atoms with Gasteiger partial charge in [-0.15, -0.1) is 0 Å². The van der Waals surface area contributed by atoms with Crippen LogP contribution in [0.3, 0.4) is 0 Å². The van der Waals surface area contributed by atoms with E-state index in [9.17, 15) is 27.5 Å². The molecule has 5 heterocycles. The number of aromatic carboxylic acids is 1. The number of aromatic nitrogens is 6. The van der Waals surface area contributed by atoms with Crippen LogP contribution in [0.15, 0.2) is 61.2 Å². The molecule has 6 rings (SSSR count). The van der Waals surface area contributed by atoms with Gasteiger partial charge in [-0.05, 0) is 69.1 Å². The van der Waals surface area contributed by atoms with Crippen molar-refractivity contribution in [3.05, 3.63) is 100 Å². The van der Waals surface area contributed by atoms with Gasteiger partial charge in [0.1, 0.15) is 23.8 Å². The zero-order chi connectivity index (χ0) is 36.0. The maximum absolute atomic E-state index is 14.3. The Bertz CT molecular complexity index is 1980. The zero-order valence-corrected chi connectivity index (χ0v) is 27.4. The van der Waals surface area contributed by atoms with E-state index in [0.29, 0.717) is 40.7 Å². The number of aryl methyl sites for hydroxylation is 1. The second-order valence-corrected chi connectivity index (χ2v) is 11.8. The van der Waals surface area contributed by atoms with Gasteiger partial charge in [-0.25, -0.2) is 33.9 Å². The fourth-order valence-electron chi connectivity index (χ4n) is 5.60. The van der Waals surface area contributed by atoms with Crippen molar-refractivity contribution in [1.29, 1.82) is 0 Å². The molecule has 0 aliphatic carbocycles. The minimum absolute atomic E-state index is 0.0155. The summed E-state index contributed by atoms with van der Waals surface area (Å²) in [5, 5.41) is 17.0. The van der Waals surface area contributed by atoms with Gasteiger partial charge in [0.2, 0.25) is 5.88 Å². The molecule has 1 aromatic carbocycles. The van der Waals surface area contributed by atoms with Gasteiger partial charge in [0.25, 0.3) is 0 Å². The van der Waals surface area contributed by atoms with E-state index in [2.05, 4.69) is 31.3 Å². The molecular weight excluding hydrogens is 686 g/mol. The third-order valence-corrected chi connectivity index (χ3v) is 8.40. The number of fused-ring (bicyclic) bond motifs is 1. The fraction of sp³-hybridized carbons (Fsp3) is 0.333. The Morgan fingerprint density at radius 1 is 1.06 bits per heavy atom. The molecule has 1 fully saturated rings. The molecule has 1 saturated heterocycles. The molecule has 17 heteroatoms. The van der Waals surface area contributed by atoms with Crippen molar-refractivity contribution in [2.45, 2.75) is 58.1 Å². The van der Waals surface area contributed by atoms with Crippen molar-refractivity contribution >= 4 is 34.7 Å². The van der Waals surface area contributed by atoms with Crippen LogP contribution in [0.25, 0.3) is 11.2 Å². The van der Waals surface area contributed by atoms with Gasteiger partial charge in [-0.2, -0.15) is 13.2 Å². The van der Waals surface area contributed by atoms with Crippen molar-refractivity contribution in [2.24, 2.45) is 0 Å². The third kappa shape index (κ3) is 8.73. The van der Waals surface area contributed by atoms with Crippen molar-refractivity contribution < 1.29 is 42.1 Å². The van der Waals surface area contributed by atoms with Gasteiger partial charge in [0, 0.05) is 35.1 Å². The number of rotatable bonds is 10. The molecule has 0 atom stereocenters. The Kier molecular flexibility index (Phi) is 11.3. The number of hydrogen-bond acceptors (Lipinski definition) is 8. The minimum Gasteiger partial charge on any atom is -0.477 e. The van der Waals surface area contributed by atoms with Gasteiger partial charge in [-0.3, -0.25) is 4.90 Å². The van der Waals surface area contributed by atoms with E-state index in [4.69, 9.17) is 31.2 Å². The molecular formula is C33H32ClF4N7O5. The monoisotopic (exact) mass is 717 g/mol. The number of alkyl halides is 3. The Labute approximate surface area is 287 Å². The lowest BCUT2D eigenvalue weighted by Gasteiger charge is -2.32. The summed E-state index contributed by atoms with van der Waals surface area (Å²) in [5.41, 5.74) is 3.62. The van der Waals surface area contributed by atoms with Crippen molar-refractivity contribution in [3.63, 3.8) is 0 Å². The maximum Gasteiger partial charge on any atom is 0.490 e. The molecule has 50 heavy (non-hydrogen) atoms. The average Bonchev–Trinajstić information content (AvgIpc) is 3.68. The number of hydrogen-bond donors (Lipinski definition) is 2. The van der Waals surface area contributed by atoms with E-state index in [1.165, 1.54) is 12.1 Å². The minimum atomic E-state index is -5.08. The number of ether oxygens (including phenoxy) is 1. The zero-order valence-electron chi connectivity index (χ0n) is 26.6. The molecule has 0 saturated carbocycles. The predicted molar refractivity (Wildman–Crippen MR) is 172 cm³/mol. The highest BCUT2D eigenvalue weighted by atomic mass is 35.5. The van der Waals surface area contributed by atoms with Crippen LogP contribution in [0.1, 0.15) is 58.8 Å². The highest BCUT2D eigenvalue weighted by Crippen LogP contribution is 2.34. The molecule has 0 bridgehead atoms. The van der Waals surface area contributed by atoms with E-state index >= 15 is 0 Å². The molecule has 1 aliphatic rings. The number of carbonyl (C=O) groups is 2. The molecule has 264 valence electrons. The number of pyridine rings is 2. The van der Waals surface area contributed by atoms with Crippen molar-refractivity contribution in [2.75, 3.05) is 13.1 Å². The summed E-state index contributed by atoms with van der Waals surface area (Å²) < 4.78 is 56.1. The van der Waals surface area contributed by atoms with Crippen LogP contribution in [-0.2, 0) is 31.0 Å². The van der Waals surface area contributed by atoms with Crippen LogP contribution < -0.4 is 4.74 Å². The van der Waals surface area contributed by atoms with Crippen LogP contribution in [0.2, 0.25) is 5.02 Å². The number of benzene rings is 1. The van der Waals surface area contributed by atoms with Gasteiger partial charge in [0.05, 0.1) is 25.1 Å². The van der Waals surface area contributed by atoms with Crippen LogP contribution >= 0.6 is 11.6 Å². The van der Waals surface area contributed by atoms with Crippen molar-refractivity contribution in [3.8, 4) is 5.88 Å². The van der Waals surface area contributed by atoms with E-state index in [1.54, 1.807) is 30.7 Å². The second kappa shape index (κ2) is 15.6. The second-order valence-electron chi connectivity index (χ2n) is 11.4. The van der Waals surface area contributed by atoms with Crippen molar-refractivity contribution in [1.82, 2.24) is 34.0 Å². The third-order valence-electron chi connectivity index (χ3n) is 8.16. The van der Waals surface area contributed by atoms with Crippen LogP contribution in [0.4, 0.5) is 17.6 Å². The molecule has 12 nitrogen and oxygen atoms in total. The molecule has 0 amide bonds. The molecule has 4 aromatic heterocycles. The number of piperidine rings is 1. The predicted octanol–water partition coefficient (Wildman–Crippen LogP) is 6.17. The fourth-order valence-corrected chi connectivity index (χ4v) is 5.76. The summed E-state index contributed by atoms with van der Waals surface area (Å²) in [6.07, 6.45) is 1.99.